The zero-order chi connectivity index (χ0) is 12.0. The maximum Gasteiger partial charge on any atom is 0.0575 e. The van der Waals surface area contributed by atoms with Gasteiger partial charge in [0.2, 0.25) is 0 Å². The molecular formula is C12H26N2OS. The van der Waals surface area contributed by atoms with Crippen molar-refractivity contribution in [2.24, 2.45) is 0 Å². The van der Waals surface area contributed by atoms with Crippen LogP contribution in [0.4, 0.5) is 0 Å². The molecule has 0 aromatic rings. The van der Waals surface area contributed by atoms with Gasteiger partial charge in [0.25, 0.3) is 0 Å². The molecule has 0 aromatic heterocycles. The van der Waals surface area contributed by atoms with Crippen molar-refractivity contribution in [2.45, 2.75) is 38.8 Å². The molecule has 2 unspecified atom stereocenters. The quantitative estimate of drug-likeness (QED) is 0.667. The Labute approximate surface area is 104 Å². The fourth-order valence-corrected chi connectivity index (χ4v) is 2.98. The van der Waals surface area contributed by atoms with E-state index in [-0.39, 0.29) is 0 Å². The molecule has 0 radical (unpaired) electrons. The fraction of sp³-hybridized carbons (Fsp3) is 1.00. The molecule has 96 valence electrons. The Balaban J connectivity index is 2.20. The maximum absolute atomic E-state index is 5.21. The molecule has 1 rings (SSSR count). The number of rotatable bonds is 6. The van der Waals surface area contributed by atoms with Gasteiger partial charge < -0.3 is 4.84 Å². The van der Waals surface area contributed by atoms with Crippen LogP contribution >= 0.6 is 11.8 Å². The van der Waals surface area contributed by atoms with E-state index in [1.807, 2.05) is 12.1 Å². The summed E-state index contributed by atoms with van der Waals surface area (Å²) in [5.41, 5.74) is 0. The van der Waals surface area contributed by atoms with E-state index in [1.165, 1.54) is 37.4 Å². The van der Waals surface area contributed by atoms with Gasteiger partial charge in [-0.3, -0.25) is 4.90 Å². The third-order valence-corrected chi connectivity index (χ3v) is 4.52. The second kappa shape index (κ2) is 7.54. The second-order valence-corrected chi connectivity index (χ2v) is 5.88. The zero-order valence-electron chi connectivity index (χ0n) is 11.1. The summed E-state index contributed by atoms with van der Waals surface area (Å²) < 4.78 is 0. The predicted molar refractivity (Wildman–Crippen MR) is 71.8 cm³/mol. The smallest absolute Gasteiger partial charge is 0.0575 e. The van der Waals surface area contributed by atoms with Crippen LogP contribution in [-0.4, -0.2) is 60.8 Å². The normalized spacial score (nSPS) is 22.3. The van der Waals surface area contributed by atoms with Gasteiger partial charge in [-0.1, -0.05) is 0 Å². The van der Waals surface area contributed by atoms with Crippen LogP contribution < -0.4 is 0 Å². The molecule has 0 aliphatic carbocycles. The molecule has 1 heterocycles. The molecule has 2 atom stereocenters. The van der Waals surface area contributed by atoms with Crippen molar-refractivity contribution < 1.29 is 4.84 Å². The molecule has 3 nitrogen and oxygen atoms in total. The van der Waals surface area contributed by atoms with Gasteiger partial charge in [-0.25, -0.2) is 0 Å². The Morgan fingerprint density at radius 1 is 1.25 bits per heavy atom. The van der Waals surface area contributed by atoms with E-state index in [4.69, 9.17) is 4.84 Å². The van der Waals surface area contributed by atoms with E-state index >= 15 is 0 Å². The molecule has 4 heteroatoms. The molecule has 1 aliphatic heterocycles. The first-order chi connectivity index (χ1) is 7.65. The van der Waals surface area contributed by atoms with E-state index in [0.29, 0.717) is 12.1 Å². The van der Waals surface area contributed by atoms with Crippen molar-refractivity contribution in [1.82, 2.24) is 9.96 Å². The Bertz CT molecular complexity index is 186. The molecule has 0 aromatic carbocycles. The minimum atomic E-state index is 0.506. The molecular weight excluding hydrogens is 220 g/mol. The Kier molecular flexibility index (Phi) is 6.73. The van der Waals surface area contributed by atoms with Crippen LogP contribution in [0.15, 0.2) is 0 Å². The topological polar surface area (TPSA) is 15.7 Å². The maximum atomic E-state index is 5.21. The Morgan fingerprint density at radius 2 is 1.88 bits per heavy atom. The summed E-state index contributed by atoms with van der Waals surface area (Å²) in [7, 11) is 3.74. The summed E-state index contributed by atoms with van der Waals surface area (Å²) >= 11 is 2.08. The molecule has 16 heavy (non-hydrogen) atoms. The molecule has 0 saturated carbocycles. The van der Waals surface area contributed by atoms with Gasteiger partial charge >= 0.3 is 0 Å². The minimum Gasteiger partial charge on any atom is -0.302 e. The van der Waals surface area contributed by atoms with E-state index in [9.17, 15) is 0 Å². The van der Waals surface area contributed by atoms with Crippen molar-refractivity contribution in [2.75, 3.05) is 38.8 Å². The standard InChI is InChI=1S/C12H26N2OS/c1-11(13(3)15-4)5-6-12(2)14-7-9-16-10-8-14/h11-12H,5-10H2,1-4H3. The average Bonchev–Trinajstić information content (AvgIpc) is 2.35. The fourth-order valence-electron chi connectivity index (χ4n) is 2.04. The molecule has 0 spiro atoms. The van der Waals surface area contributed by atoms with Crippen molar-refractivity contribution in [3.63, 3.8) is 0 Å². The third kappa shape index (κ3) is 4.62. The van der Waals surface area contributed by atoms with Crippen LogP contribution in [-0.2, 0) is 4.84 Å². The summed E-state index contributed by atoms with van der Waals surface area (Å²) in [6.07, 6.45) is 2.47. The van der Waals surface area contributed by atoms with Gasteiger partial charge in [-0.15, -0.1) is 0 Å². The van der Waals surface area contributed by atoms with Crippen LogP contribution in [0.25, 0.3) is 0 Å². The highest BCUT2D eigenvalue weighted by Gasteiger charge is 2.18. The molecule has 0 N–H and O–H groups in total. The lowest BCUT2D eigenvalue weighted by atomic mass is 10.1. The lowest BCUT2D eigenvalue weighted by molar-refractivity contribution is -0.138. The number of hydrogen-bond donors (Lipinski definition) is 0. The highest BCUT2D eigenvalue weighted by molar-refractivity contribution is 7.99. The highest BCUT2D eigenvalue weighted by Crippen LogP contribution is 2.16. The van der Waals surface area contributed by atoms with Crippen molar-refractivity contribution in [3.8, 4) is 0 Å². The van der Waals surface area contributed by atoms with Crippen LogP contribution in [0.2, 0.25) is 0 Å². The van der Waals surface area contributed by atoms with Crippen molar-refractivity contribution in [3.05, 3.63) is 0 Å². The average molecular weight is 246 g/mol. The summed E-state index contributed by atoms with van der Waals surface area (Å²) in [6, 6.07) is 1.22. The SMILES string of the molecule is CON(C)C(C)CCC(C)N1CCSCC1. The first kappa shape index (κ1) is 14.3. The van der Waals surface area contributed by atoms with Gasteiger partial charge in [0.05, 0.1) is 7.11 Å². The van der Waals surface area contributed by atoms with Gasteiger partial charge in [-0.05, 0) is 26.7 Å². The lowest BCUT2D eigenvalue weighted by Crippen LogP contribution is -2.40. The summed E-state index contributed by atoms with van der Waals surface area (Å²) in [5.74, 6) is 2.61. The molecule has 1 saturated heterocycles. The number of hydrogen-bond acceptors (Lipinski definition) is 4. The number of nitrogens with zero attached hydrogens (tertiary/aromatic N) is 2. The number of hydroxylamine groups is 2. The molecule has 0 bridgehead atoms. The molecule has 1 fully saturated rings. The minimum absolute atomic E-state index is 0.506. The van der Waals surface area contributed by atoms with Crippen LogP contribution in [0.3, 0.4) is 0 Å². The summed E-state index contributed by atoms with van der Waals surface area (Å²) in [5, 5.41) is 1.94. The van der Waals surface area contributed by atoms with Crippen LogP contribution in [0.1, 0.15) is 26.7 Å². The Hall–Kier alpha value is 0.230. The number of thioether (sulfide) groups is 1. The lowest BCUT2D eigenvalue weighted by Gasteiger charge is -2.33. The predicted octanol–water partition coefficient (Wildman–Crippen LogP) is 2.09. The Morgan fingerprint density at radius 3 is 2.44 bits per heavy atom. The second-order valence-electron chi connectivity index (χ2n) is 4.65. The summed E-state index contributed by atoms with van der Waals surface area (Å²) in [4.78, 5) is 7.83. The third-order valence-electron chi connectivity index (χ3n) is 3.58. The summed E-state index contributed by atoms with van der Waals surface area (Å²) in [6.45, 7) is 7.11. The van der Waals surface area contributed by atoms with E-state index in [0.717, 1.165) is 0 Å². The highest BCUT2D eigenvalue weighted by atomic mass is 32.2. The zero-order valence-corrected chi connectivity index (χ0v) is 11.9. The van der Waals surface area contributed by atoms with Crippen LogP contribution in [0.5, 0.6) is 0 Å². The van der Waals surface area contributed by atoms with Crippen molar-refractivity contribution >= 4 is 11.8 Å². The van der Waals surface area contributed by atoms with Gasteiger partial charge in [0.15, 0.2) is 0 Å². The molecule has 1 aliphatic rings. The van der Waals surface area contributed by atoms with Crippen LogP contribution in [0, 0.1) is 0 Å². The monoisotopic (exact) mass is 246 g/mol. The van der Waals surface area contributed by atoms with E-state index in [2.05, 4.69) is 30.5 Å². The van der Waals surface area contributed by atoms with Gasteiger partial charge in [0.1, 0.15) is 0 Å². The first-order valence-corrected chi connectivity index (χ1v) is 7.39. The van der Waals surface area contributed by atoms with E-state index < -0.39 is 0 Å². The van der Waals surface area contributed by atoms with E-state index in [1.54, 1.807) is 7.11 Å². The van der Waals surface area contributed by atoms with Gasteiger partial charge in [-0.2, -0.15) is 16.8 Å². The molecule has 0 amide bonds. The largest absolute Gasteiger partial charge is 0.302 e. The first-order valence-electron chi connectivity index (χ1n) is 6.24. The van der Waals surface area contributed by atoms with Gasteiger partial charge in [0, 0.05) is 43.7 Å². The van der Waals surface area contributed by atoms with Crippen molar-refractivity contribution in [1.29, 1.82) is 0 Å².